The molecule has 0 saturated heterocycles. The van der Waals surface area contributed by atoms with Crippen molar-refractivity contribution in [3.8, 4) is 39.9 Å². The van der Waals surface area contributed by atoms with E-state index in [4.69, 9.17) is 19.2 Å². The van der Waals surface area contributed by atoms with Crippen LogP contribution in [0.1, 0.15) is 45.9 Å². The van der Waals surface area contributed by atoms with Crippen LogP contribution in [0, 0.1) is 0 Å². The van der Waals surface area contributed by atoms with Crippen LogP contribution in [0.2, 0.25) is 0 Å². The summed E-state index contributed by atoms with van der Waals surface area (Å²) in [5.74, 6) is 4.37. The molecule has 6 heteroatoms. The maximum Gasteiger partial charge on any atom is 0.135 e. The van der Waals surface area contributed by atoms with Gasteiger partial charge in [-0.05, 0) is 86.6 Å². The topological polar surface area (TPSA) is 48.8 Å². The second-order valence-electron chi connectivity index (χ2n) is 10.7. The summed E-state index contributed by atoms with van der Waals surface area (Å²) in [6.07, 6.45) is 6.28. The third-order valence-electron chi connectivity index (χ3n) is 7.87. The molecule has 0 unspecified atom stereocenters. The van der Waals surface area contributed by atoms with Crippen LogP contribution in [0.3, 0.4) is 0 Å². The molecule has 0 N–H and O–H groups in total. The van der Waals surface area contributed by atoms with Crippen LogP contribution in [-0.2, 0) is 6.42 Å². The second-order valence-corrected chi connectivity index (χ2v) is 10.7. The second kappa shape index (κ2) is 14.7. The summed E-state index contributed by atoms with van der Waals surface area (Å²) in [6, 6.07) is 28.6. The van der Waals surface area contributed by atoms with Gasteiger partial charge in [0.2, 0.25) is 0 Å². The van der Waals surface area contributed by atoms with Crippen molar-refractivity contribution in [2.75, 3.05) is 33.4 Å². The fraction of sp³-hybridized carbons (Fsp3) is 0.324. The molecule has 0 radical (unpaired) electrons. The van der Waals surface area contributed by atoms with Gasteiger partial charge in [0.15, 0.2) is 0 Å². The largest absolute Gasteiger partial charge is 0.496 e. The summed E-state index contributed by atoms with van der Waals surface area (Å²) in [5, 5.41) is 2.04. The molecule has 0 bridgehead atoms. The zero-order valence-corrected chi connectivity index (χ0v) is 25.9. The van der Waals surface area contributed by atoms with Gasteiger partial charge in [-0.15, -0.1) is 0 Å². The van der Waals surface area contributed by atoms with Crippen LogP contribution in [0.15, 0.2) is 91.1 Å². The average Bonchev–Trinajstić information content (AvgIpc) is 3.49. The third-order valence-corrected chi connectivity index (χ3v) is 7.87. The first-order valence-electron chi connectivity index (χ1n) is 15.5. The highest BCUT2D eigenvalue weighted by Crippen LogP contribution is 2.35. The number of aromatic nitrogens is 2. The first-order chi connectivity index (χ1) is 21.1. The molecular formula is C37H43N3O3. The molecule has 0 fully saturated rings. The highest BCUT2D eigenvalue weighted by molar-refractivity contribution is 5.93. The van der Waals surface area contributed by atoms with E-state index >= 15 is 0 Å². The van der Waals surface area contributed by atoms with Crippen LogP contribution in [0.25, 0.3) is 27.7 Å². The number of nitrogens with zero attached hydrogens (tertiary/aromatic N) is 3. The number of hydrogen-bond acceptors (Lipinski definition) is 5. The van der Waals surface area contributed by atoms with Gasteiger partial charge in [0.25, 0.3) is 0 Å². The summed E-state index contributed by atoms with van der Waals surface area (Å²) in [6.45, 7) is 10.6. The van der Waals surface area contributed by atoms with Crippen molar-refractivity contribution in [1.29, 1.82) is 0 Å². The summed E-state index contributed by atoms with van der Waals surface area (Å²) in [7, 11) is 1.69. The third kappa shape index (κ3) is 7.38. The maximum atomic E-state index is 6.33. The van der Waals surface area contributed by atoms with Crippen molar-refractivity contribution in [3.05, 3.63) is 97.0 Å². The highest BCUT2D eigenvalue weighted by atomic mass is 16.5. The maximum absolute atomic E-state index is 6.33. The predicted molar refractivity (Wildman–Crippen MR) is 176 cm³/mol. The summed E-state index contributed by atoms with van der Waals surface area (Å²) < 4.78 is 20.1. The Kier molecular flexibility index (Phi) is 10.3. The fourth-order valence-corrected chi connectivity index (χ4v) is 5.34. The molecule has 0 spiro atoms. The number of rotatable bonds is 15. The van der Waals surface area contributed by atoms with Crippen molar-refractivity contribution in [1.82, 2.24) is 14.5 Å². The molecule has 43 heavy (non-hydrogen) atoms. The Balaban J connectivity index is 1.31. The first-order valence-corrected chi connectivity index (χ1v) is 15.5. The van der Waals surface area contributed by atoms with Crippen LogP contribution in [-0.4, -0.2) is 47.8 Å². The minimum absolute atomic E-state index is 0.722. The van der Waals surface area contributed by atoms with E-state index < -0.39 is 0 Å². The Labute approximate surface area is 255 Å². The van der Waals surface area contributed by atoms with E-state index in [-0.39, 0.29) is 0 Å². The van der Waals surface area contributed by atoms with Crippen molar-refractivity contribution >= 4 is 10.8 Å². The fourth-order valence-electron chi connectivity index (χ4n) is 5.34. The number of methoxy groups -OCH3 is 1. The van der Waals surface area contributed by atoms with Crippen LogP contribution < -0.4 is 14.2 Å². The Bertz CT molecular complexity index is 1590. The average molecular weight is 578 g/mol. The molecule has 0 aliphatic carbocycles. The lowest BCUT2D eigenvalue weighted by Crippen LogP contribution is -2.25. The van der Waals surface area contributed by atoms with Crippen LogP contribution >= 0.6 is 0 Å². The van der Waals surface area contributed by atoms with Crippen molar-refractivity contribution < 1.29 is 14.2 Å². The number of aryl methyl sites for hydroxylation is 1. The van der Waals surface area contributed by atoms with E-state index in [0.717, 1.165) is 108 Å². The lowest BCUT2D eigenvalue weighted by molar-refractivity contribution is 0.249. The number of imidazole rings is 1. The van der Waals surface area contributed by atoms with Gasteiger partial charge >= 0.3 is 0 Å². The summed E-state index contributed by atoms with van der Waals surface area (Å²) in [4.78, 5) is 7.47. The molecule has 0 aliphatic rings. The Morgan fingerprint density at radius 2 is 1.42 bits per heavy atom. The molecule has 0 amide bonds. The number of benzene rings is 4. The SMILES string of the molecule is CCCCc1nc(-c2ccc(OCCCN(CC)CC)cc2)cn1-c1ccc(Oc2ccc(OC)c3ccccc23)cc1. The predicted octanol–water partition coefficient (Wildman–Crippen LogP) is 8.95. The lowest BCUT2D eigenvalue weighted by Gasteiger charge is -2.17. The van der Waals surface area contributed by atoms with Crippen molar-refractivity contribution in [2.45, 2.75) is 46.5 Å². The molecule has 0 aliphatic heterocycles. The molecule has 224 valence electrons. The van der Waals surface area contributed by atoms with E-state index in [2.05, 4.69) is 66.8 Å². The van der Waals surface area contributed by atoms with Crippen molar-refractivity contribution in [2.24, 2.45) is 0 Å². The van der Waals surface area contributed by atoms with Gasteiger partial charge in [-0.1, -0.05) is 51.5 Å². The van der Waals surface area contributed by atoms with Gasteiger partial charge in [-0.3, -0.25) is 0 Å². The van der Waals surface area contributed by atoms with E-state index in [0.29, 0.717) is 0 Å². The summed E-state index contributed by atoms with van der Waals surface area (Å²) in [5.41, 5.74) is 3.10. The molecule has 0 atom stereocenters. The Hall–Kier alpha value is -4.29. The van der Waals surface area contributed by atoms with Crippen molar-refractivity contribution in [3.63, 3.8) is 0 Å². The van der Waals surface area contributed by atoms with Gasteiger partial charge in [-0.2, -0.15) is 0 Å². The van der Waals surface area contributed by atoms with Crippen LogP contribution in [0.4, 0.5) is 0 Å². The van der Waals surface area contributed by atoms with Gasteiger partial charge in [0, 0.05) is 41.2 Å². The van der Waals surface area contributed by atoms with E-state index in [1.165, 1.54) is 0 Å². The quantitative estimate of drug-likeness (QED) is 0.116. The smallest absolute Gasteiger partial charge is 0.135 e. The molecule has 6 nitrogen and oxygen atoms in total. The van der Waals surface area contributed by atoms with Gasteiger partial charge in [0.05, 0.1) is 19.4 Å². The molecule has 1 heterocycles. The Morgan fingerprint density at radius 3 is 2.09 bits per heavy atom. The zero-order valence-electron chi connectivity index (χ0n) is 25.9. The number of unbranched alkanes of at least 4 members (excludes halogenated alkanes) is 1. The molecule has 1 aromatic heterocycles. The number of hydrogen-bond donors (Lipinski definition) is 0. The number of ether oxygens (including phenoxy) is 3. The Morgan fingerprint density at radius 1 is 0.744 bits per heavy atom. The monoisotopic (exact) mass is 577 g/mol. The van der Waals surface area contributed by atoms with E-state index in [1.54, 1.807) is 7.11 Å². The molecule has 5 rings (SSSR count). The lowest BCUT2D eigenvalue weighted by atomic mass is 10.1. The molecular weight excluding hydrogens is 534 g/mol. The van der Waals surface area contributed by atoms with Gasteiger partial charge in [0.1, 0.15) is 28.8 Å². The molecule has 0 saturated carbocycles. The first kappa shape index (κ1) is 30.2. The van der Waals surface area contributed by atoms with E-state index in [9.17, 15) is 0 Å². The van der Waals surface area contributed by atoms with Gasteiger partial charge in [-0.25, -0.2) is 4.98 Å². The molecule has 5 aromatic rings. The minimum atomic E-state index is 0.722. The standard InChI is InChI=1S/C37H43N3O3/c1-5-8-14-37-38-34(28-15-19-30(20-16-28)42-26-11-25-39(6-2)7-3)27-40(37)29-17-21-31(22-18-29)43-36-24-23-35(41-4)32-12-9-10-13-33(32)36/h9-10,12-13,15-24,27H,5-8,11,14,25-26H2,1-4H3. The number of fused-ring (bicyclic) bond motifs is 1. The normalized spacial score (nSPS) is 11.3. The van der Waals surface area contributed by atoms with E-state index in [1.807, 2.05) is 54.6 Å². The van der Waals surface area contributed by atoms with Crippen LogP contribution in [0.5, 0.6) is 23.0 Å². The summed E-state index contributed by atoms with van der Waals surface area (Å²) >= 11 is 0. The van der Waals surface area contributed by atoms with Gasteiger partial charge < -0.3 is 23.7 Å². The molecule has 4 aromatic carbocycles. The minimum Gasteiger partial charge on any atom is -0.496 e. The zero-order chi connectivity index (χ0) is 30.0. The highest BCUT2D eigenvalue weighted by Gasteiger charge is 2.13.